The molecule has 0 aromatic carbocycles. The van der Waals surface area contributed by atoms with Crippen LogP contribution in [0.1, 0.15) is 26.7 Å². The average molecular weight is 223 g/mol. The molecule has 0 aromatic rings. The first-order valence-electron chi connectivity index (χ1n) is 4.20. The molecule has 0 saturated heterocycles. The van der Waals surface area contributed by atoms with Gasteiger partial charge in [0, 0.05) is 6.04 Å². The second-order valence-electron chi connectivity index (χ2n) is 2.64. The zero-order valence-corrected chi connectivity index (χ0v) is 9.29. The van der Waals surface area contributed by atoms with Crippen LogP contribution in [-0.4, -0.2) is 24.9 Å². The topological polar surface area (TPSA) is 83.5 Å². The average Bonchev–Trinajstić information content (AvgIpc) is 2.03. The van der Waals surface area contributed by atoms with Crippen molar-refractivity contribution in [2.45, 2.75) is 32.7 Å². The Bertz CT molecular complexity index is 229. The van der Waals surface area contributed by atoms with Crippen LogP contribution in [-0.2, 0) is 15.8 Å². The third kappa shape index (κ3) is 17.3. The highest BCUT2D eigenvalue weighted by molar-refractivity contribution is 7.66. The number of rotatable bonds is 4. The van der Waals surface area contributed by atoms with Gasteiger partial charge in [0.1, 0.15) is 0 Å². The second kappa shape index (κ2) is 10.2. The number of thiol groups is 1. The minimum absolute atomic E-state index is 0.0825. The molecule has 1 unspecified atom stereocenters. The van der Waals surface area contributed by atoms with Crippen LogP contribution < -0.4 is 5.32 Å². The first kappa shape index (κ1) is 15.6. The molecule has 0 aliphatic carbocycles. The Morgan fingerprint density at radius 3 is 2.36 bits per heavy atom. The third-order valence-corrected chi connectivity index (χ3v) is 1.30. The Labute approximate surface area is 86.0 Å². The molecule has 6 heteroatoms. The summed E-state index contributed by atoms with van der Waals surface area (Å²) in [6.07, 6.45) is 3.42. The van der Waals surface area contributed by atoms with Crippen molar-refractivity contribution in [3.05, 3.63) is 12.7 Å². The van der Waals surface area contributed by atoms with E-state index in [0.29, 0.717) is 0 Å². The largest absolute Gasteiger partial charge is 0.350 e. The lowest BCUT2D eigenvalue weighted by Crippen LogP contribution is -2.30. The van der Waals surface area contributed by atoms with Crippen LogP contribution in [0.15, 0.2) is 12.7 Å². The summed E-state index contributed by atoms with van der Waals surface area (Å²) in [4.78, 5) is 10.7. The maximum absolute atomic E-state index is 10.7. The van der Waals surface area contributed by atoms with Crippen LogP contribution in [0.3, 0.4) is 0 Å². The number of hydrogen-bond donors (Lipinski definition) is 3. The molecule has 0 bridgehead atoms. The molecule has 0 fully saturated rings. The van der Waals surface area contributed by atoms with Crippen LogP contribution in [0.25, 0.3) is 0 Å². The molecule has 0 spiro atoms. The van der Waals surface area contributed by atoms with Gasteiger partial charge in [0.05, 0.1) is 0 Å². The molecule has 0 rings (SSSR count). The van der Waals surface area contributed by atoms with Crippen molar-refractivity contribution < 1.29 is 17.8 Å². The number of amides is 1. The molecule has 84 valence electrons. The minimum Gasteiger partial charge on any atom is -0.350 e. The molecule has 0 heterocycles. The van der Waals surface area contributed by atoms with E-state index in [4.69, 9.17) is 13.0 Å². The van der Waals surface area contributed by atoms with E-state index in [1.807, 2.05) is 6.92 Å². The second-order valence-corrected chi connectivity index (χ2v) is 3.12. The van der Waals surface area contributed by atoms with Crippen molar-refractivity contribution in [3.63, 3.8) is 0 Å². The van der Waals surface area contributed by atoms with E-state index in [-0.39, 0.29) is 11.9 Å². The number of nitrogens with one attached hydrogen (secondary N) is 1. The van der Waals surface area contributed by atoms with E-state index in [0.717, 1.165) is 12.8 Å². The Morgan fingerprint density at radius 2 is 2.07 bits per heavy atom. The molecule has 2 N–H and O–H groups in total. The Balaban J connectivity index is 0. The first-order valence-corrected chi connectivity index (χ1v) is 5.33. The lowest BCUT2D eigenvalue weighted by molar-refractivity contribution is -0.117. The maximum atomic E-state index is 10.7. The molecule has 14 heavy (non-hydrogen) atoms. The Hall–Kier alpha value is -0.880. The fourth-order valence-corrected chi connectivity index (χ4v) is 0.807. The highest BCUT2D eigenvalue weighted by Gasteiger charge is 2.00. The monoisotopic (exact) mass is 223 g/mol. The summed E-state index contributed by atoms with van der Waals surface area (Å²) in [6.45, 7) is 7.45. The van der Waals surface area contributed by atoms with Gasteiger partial charge < -0.3 is 5.32 Å². The van der Waals surface area contributed by atoms with Crippen LogP contribution in [0, 0.1) is 0 Å². The summed E-state index contributed by atoms with van der Waals surface area (Å²) < 4.78 is 24.2. The van der Waals surface area contributed by atoms with Gasteiger partial charge in [-0.15, -0.1) is 0 Å². The van der Waals surface area contributed by atoms with Gasteiger partial charge in [0.2, 0.25) is 5.91 Å². The van der Waals surface area contributed by atoms with Gasteiger partial charge >= 0.3 is 0 Å². The Kier molecular flexibility index (Phi) is 11.4. The standard InChI is InChI=1S/C8H15NO.H2O3S/c1-4-6-7(3)9-8(10)5-2;1-4(2)3/h5,7H,2,4,6H2,1,3H3,(H,9,10);4H,(H,1,2,3). The van der Waals surface area contributed by atoms with E-state index in [1.54, 1.807) is 0 Å². The molecule has 0 aliphatic rings. The van der Waals surface area contributed by atoms with Gasteiger partial charge in [-0.25, -0.2) is 8.42 Å². The molecule has 0 saturated carbocycles. The zero-order chi connectivity index (χ0) is 11.6. The molecular weight excluding hydrogens is 206 g/mol. The highest BCUT2D eigenvalue weighted by Crippen LogP contribution is 1.93. The lowest BCUT2D eigenvalue weighted by Gasteiger charge is -2.09. The summed E-state index contributed by atoms with van der Waals surface area (Å²) in [5.74, 6) is -0.0825. The molecule has 5 nitrogen and oxygen atoms in total. The zero-order valence-electron chi connectivity index (χ0n) is 8.40. The van der Waals surface area contributed by atoms with Crippen LogP contribution in [0.4, 0.5) is 0 Å². The summed E-state index contributed by atoms with van der Waals surface area (Å²) in [7, 11) is -3.12. The smallest absolute Gasteiger partial charge is 0.254 e. The van der Waals surface area contributed by atoms with Gasteiger partial charge in [-0.2, -0.15) is 0 Å². The van der Waals surface area contributed by atoms with Crippen molar-refractivity contribution in [2.75, 3.05) is 0 Å². The van der Waals surface area contributed by atoms with Gasteiger partial charge in [-0.05, 0) is 19.4 Å². The van der Waals surface area contributed by atoms with Crippen molar-refractivity contribution in [2.24, 2.45) is 0 Å². The summed E-state index contributed by atoms with van der Waals surface area (Å²) in [6, 6.07) is 0.274. The summed E-state index contributed by atoms with van der Waals surface area (Å²) in [5, 5.41) is 2.77. The van der Waals surface area contributed by atoms with Crippen molar-refractivity contribution in [1.29, 1.82) is 0 Å². The number of carbonyl (C=O) groups excluding carboxylic acids is 1. The fourth-order valence-electron chi connectivity index (χ4n) is 0.807. The summed E-state index contributed by atoms with van der Waals surface area (Å²) >= 11 is 0. The van der Waals surface area contributed by atoms with E-state index < -0.39 is 11.0 Å². The van der Waals surface area contributed by atoms with Gasteiger partial charge in [-0.3, -0.25) is 9.35 Å². The lowest BCUT2D eigenvalue weighted by atomic mass is 10.2. The molecular formula is C8H17NO4S. The molecule has 0 aromatic heterocycles. The van der Waals surface area contributed by atoms with Crippen LogP contribution in [0.5, 0.6) is 0 Å². The summed E-state index contributed by atoms with van der Waals surface area (Å²) in [5.41, 5.74) is 0. The molecule has 0 aliphatic heterocycles. The third-order valence-electron chi connectivity index (χ3n) is 1.30. The predicted octanol–water partition coefficient (Wildman–Crippen LogP) is 0.548. The predicted molar refractivity (Wildman–Crippen MR) is 55.7 cm³/mol. The molecule has 1 amide bonds. The molecule has 0 radical (unpaired) electrons. The van der Waals surface area contributed by atoms with E-state index in [2.05, 4.69) is 18.8 Å². The van der Waals surface area contributed by atoms with Gasteiger partial charge in [-0.1, -0.05) is 19.9 Å². The van der Waals surface area contributed by atoms with Gasteiger partial charge in [0.25, 0.3) is 11.0 Å². The van der Waals surface area contributed by atoms with E-state index in [1.165, 1.54) is 6.08 Å². The minimum atomic E-state index is -3.12. The normalized spacial score (nSPS) is 11.1. The van der Waals surface area contributed by atoms with Crippen molar-refractivity contribution in [3.8, 4) is 0 Å². The quantitative estimate of drug-likeness (QED) is 0.369. The maximum Gasteiger partial charge on any atom is 0.254 e. The Morgan fingerprint density at radius 1 is 1.64 bits per heavy atom. The van der Waals surface area contributed by atoms with Gasteiger partial charge in [0.15, 0.2) is 0 Å². The highest BCUT2D eigenvalue weighted by atomic mass is 32.2. The number of hydrogen-bond acceptors (Lipinski definition) is 3. The van der Waals surface area contributed by atoms with Crippen molar-refractivity contribution in [1.82, 2.24) is 5.32 Å². The van der Waals surface area contributed by atoms with E-state index in [9.17, 15) is 4.79 Å². The molecule has 1 atom stereocenters. The SMILES string of the molecule is C=CC(=O)NC(C)CCC.O=[SH](=O)O. The fraction of sp³-hybridized carbons (Fsp3) is 0.625. The number of carbonyl (C=O) groups is 1. The van der Waals surface area contributed by atoms with Crippen LogP contribution >= 0.6 is 0 Å². The first-order chi connectivity index (χ1) is 6.43. The van der Waals surface area contributed by atoms with Crippen molar-refractivity contribution >= 4 is 16.9 Å². The van der Waals surface area contributed by atoms with Crippen LogP contribution in [0.2, 0.25) is 0 Å². The van der Waals surface area contributed by atoms with E-state index >= 15 is 0 Å².